The minimum Gasteiger partial charge on any atom is -0.389 e. The largest absolute Gasteiger partial charge is 0.389 e. The van der Waals surface area contributed by atoms with Gasteiger partial charge in [-0.15, -0.1) is 0 Å². The van der Waals surface area contributed by atoms with Crippen molar-refractivity contribution in [1.29, 1.82) is 0 Å². The summed E-state index contributed by atoms with van der Waals surface area (Å²) in [6, 6.07) is 10.2. The molecule has 1 aliphatic rings. The molecule has 12 heavy (non-hydrogen) atoms. The summed E-state index contributed by atoms with van der Waals surface area (Å²) in [5.74, 6) is 0.484. The van der Waals surface area contributed by atoms with Crippen LogP contribution in [0, 0.1) is 5.92 Å². The summed E-state index contributed by atoms with van der Waals surface area (Å²) in [6.07, 6.45) is 1.77. The first kappa shape index (κ1) is 7.81. The molecule has 0 unspecified atom stereocenters. The molecule has 0 radical (unpaired) electrons. The summed E-state index contributed by atoms with van der Waals surface area (Å²) in [4.78, 5) is 0. The maximum absolute atomic E-state index is 9.85. The van der Waals surface area contributed by atoms with Gasteiger partial charge in [-0.2, -0.15) is 0 Å². The van der Waals surface area contributed by atoms with E-state index in [2.05, 4.69) is 19.1 Å². The predicted molar refractivity (Wildman–Crippen MR) is 48.9 cm³/mol. The average Bonchev–Trinajstić information content (AvgIpc) is 2.61. The third kappa shape index (κ3) is 1.37. The van der Waals surface area contributed by atoms with Crippen LogP contribution < -0.4 is 0 Å². The molecule has 2 rings (SSSR count). The third-order valence-electron chi connectivity index (χ3n) is 2.77. The average molecular weight is 162 g/mol. The fourth-order valence-corrected chi connectivity index (χ4v) is 1.67. The van der Waals surface area contributed by atoms with Gasteiger partial charge in [0, 0.05) is 6.42 Å². The molecule has 1 N–H and O–H groups in total. The Labute approximate surface area is 73.0 Å². The van der Waals surface area contributed by atoms with Crippen molar-refractivity contribution in [1.82, 2.24) is 0 Å². The molecule has 1 aromatic carbocycles. The van der Waals surface area contributed by atoms with Crippen LogP contribution in [0.3, 0.4) is 0 Å². The lowest BCUT2D eigenvalue weighted by Gasteiger charge is -2.07. The first-order valence-corrected chi connectivity index (χ1v) is 4.47. The Hall–Kier alpha value is -0.820. The van der Waals surface area contributed by atoms with Crippen molar-refractivity contribution in [3.05, 3.63) is 35.9 Å². The van der Waals surface area contributed by atoms with Gasteiger partial charge in [-0.3, -0.25) is 0 Å². The van der Waals surface area contributed by atoms with E-state index in [1.165, 1.54) is 5.56 Å². The zero-order chi connectivity index (χ0) is 8.60. The quantitative estimate of drug-likeness (QED) is 0.705. The van der Waals surface area contributed by atoms with Crippen molar-refractivity contribution in [2.24, 2.45) is 5.92 Å². The molecule has 0 heterocycles. The second-order valence-corrected chi connectivity index (χ2v) is 3.87. The topological polar surface area (TPSA) is 20.2 Å². The SMILES string of the molecule is C[C@@H]1C[C@]1(O)Cc1ccccc1. The molecule has 0 aliphatic heterocycles. The molecule has 0 amide bonds. The van der Waals surface area contributed by atoms with Crippen molar-refractivity contribution in [2.45, 2.75) is 25.4 Å². The van der Waals surface area contributed by atoms with Crippen molar-refractivity contribution in [3.8, 4) is 0 Å². The number of hydrogen-bond acceptors (Lipinski definition) is 1. The molecule has 1 fully saturated rings. The highest BCUT2D eigenvalue weighted by atomic mass is 16.3. The van der Waals surface area contributed by atoms with Gasteiger partial charge in [0.15, 0.2) is 0 Å². The van der Waals surface area contributed by atoms with E-state index in [4.69, 9.17) is 0 Å². The number of aliphatic hydroxyl groups is 1. The van der Waals surface area contributed by atoms with Crippen LogP contribution in [0.15, 0.2) is 30.3 Å². The van der Waals surface area contributed by atoms with Crippen LogP contribution in [-0.2, 0) is 6.42 Å². The molecule has 1 heteroatoms. The van der Waals surface area contributed by atoms with Crippen LogP contribution in [0.1, 0.15) is 18.9 Å². The van der Waals surface area contributed by atoms with E-state index in [0.717, 1.165) is 12.8 Å². The fourth-order valence-electron chi connectivity index (χ4n) is 1.67. The zero-order valence-corrected chi connectivity index (χ0v) is 7.33. The summed E-state index contributed by atoms with van der Waals surface area (Å²) < 4.78 is 0. The Balaban J connectivity index is 2.06. The molecule has 0 spiro atoms. The van der Waals surface area contributed by atoms with Crippen molar-refractivity contribution < 1.29 is 5.11 Å². The van der Waals surface area contributed by atoms with E-state index < -0.39 is 0 Å². The summed E-state index contributed by atoms with van der Waals surface area (Å²) in [6.45, 7) is 2.10. The van der Waals surface area contributed by atoms with Crippen molar-refractivity contribution in [2.75, 3.05) is 0 Å². The third-order valence-corrected chi connectivity index (χ3v) is 2.77. The Kier molecular flexibility index (Phi) is 1.69. The van der Waals surface area contributed by atoms with E-state index >= 15 is 0 Å². The second-order valence-electron chi connectivity index (χ2n) is 3.87. The van der Waals surface area contributed by atoms with Crippen LogP contribution in [-0.4, -0.2) is 10.7 Å². The van der Waals surface area contributed by atoms with Gasteiger partial charge in [0.05, 0.1) is 5.60 Å². The molecule has 1 saturated carbocycles. The van der Waals surface area contributed by atoms with Crippen molar-refractivity contribution in [3.63, 3.8) is 0 Å². The monoisotopic (exact) mass is 162 g/mol. The molecule has 0 saturated heterocycles. The van der Waals surface area contributed by atoms with Crippen LogP contribution in [0.25, 0.3) is 0 Å². The van der Waals surface area contributed by atoms with Crippen LogP contribution in [0.5, 0.6) is 0 Å². The highest BCUT2D eigenvalue weighted by molar-refractivity contribution is 5.20. The van der Waals surface area contributed by atoms with Gasteiger partial charge in [0.25, 0.3) is 0 Å². The van der Waals surface area contributed by atoms with Crippen LogP contribution in [0.2, 0.25) is 0 Å². The molecule has 2 atom stereocenters. The lowest BCUT2D eigenvalue weighted by atomic mass is 10.1. The number of benzene rings is 1. The second kappa shape index (κ2) is 2.60. The summed E-state index contributed by atoms with van der Waals surface area (Å²) in [7, 11) is 0. The predicted octanol–water partition coefficient (Wildman–Crippen LogP) is 2.00. The standard InChI is InChI=1S/C11H14O/c1-9-7-11(9,12)8-10-5-3-2-4-6-10/h2-6,9,12H,7-8H2,1H3/t9-,11+/m1/s1. The maximum Gasteiger partial charge on any atom is 0.0718 e. The van der Waals surface area contributed by atoms with Gasteiger partial charge >= 0.3 is 0 Å². The molecule has 1 nitrogen and oxygen atoms in total. The van der Waals surface area contributed by atoms with E-state index in [-0.39, 0.29) is 5.60 Å². The molecule has 1 aliphatic carbocycles. The zero-order valence-electron chi connectivity index (χ0n) is 7.33. The summed E-state index contributed by atoms with van der Waals surface area (Å²) in [5.41, 5.74) is 0.853. The lowest BCUT2D eigenvalue weighted by molar-refractivity contribution is 0.135. The lowest BCUT2D eigenvalue weighted by Crippen LogP contribution is -2.13. The Bertz CT molecular complexity index is 268. The van der Waals surface area contributed by atoms with Crippen LogP contribution in [0.4, 0.5) is 0 Å². The Morgan fingerprint density at radius 3 is 2.50 bits per heavy atom. The minimum absolute atomic E-state index is 0.388. The Morgan fingerprint density at radius 1 is 1.42 bits per heavy atom. The van der Waals surface area contributed by atoms with E-state index in [1.54, 1.807) is 0 Å². The molecular formula is C11H14O. The van der Waals surface area contributed by atoms with Gasteiger partial charge in [-0.25, -0.2) is 0 Å². The highest BCUT2D eigenvalue weighted by Crippen LogP contribution is 2.45. The van der Waals surface area contributed by atoms with Crippen molar-refractivity contribution >= 4 is 0 Å². The molecule has 1 aromatic rings. The van der Waals surface area contributed by atoms with E-state index in [9.17, 15) is 5.11 Å². The van der Waals surface area contributed by atoms with Gasteiger partial charge in [-0.1, -0.05) is 37.3 Å². The molecular weight excluding hydrogens is 148 g/mol. The van der Waals surface area contributed by atoms with Gasteiger partial charge < -0.3 is 5.11 Å². The van der Waals surface area contributed by atoms with Gasteiger partial charge in [0.1, 0.15) is 0 Å². The van der Waals surface area contributed by atoms with Gasteiger partial charge in [-0.05, 0) is 17.9 Å². The first-order chi connectivity index (χ1) is 5.71. The highest BCUT2D eigenvalue weighted by Gasteiger charge is 2.49. The normalized spacial score (nSPS) is 33.3. The fraction of sp³-hybridized carbons (Fsp3) is 0.455. The minimum atomic E-state index is -0.388. The van der Waals surface area contributed by atoms with Gasteiger partial charge in [0.2, 0.25) is 0 Å². The van der Waals surface area contributed by atoms with E-state index in [0.29, 0.717) is 5.92 Å². The molecule has 0 bridgehead atoms. The first-order valence-electron chi connectivity index (χ1n) is 4.47. The summed E-state index contributed by atoms with van der Waals surface area (Å²) in [5, 5.41) is 9.85. The number of rotatable bonds is 2. The Morgan fingerprint density at radius 2 is 2.00 bits per heavy atom. The molecule has 64 valence electrons. The molecule has 0 aromatic heterocycles. The maximum atomic E-state index is 9.85. The smallest absolute Gasteiger partial charge is 0.0718 e. The number of hydrogen-bond donors (Lipinski definition) is 1. The van der Waals surface area contributed by atoms with E-state index in [1.807, 2.05) is 18.2 Å². The van der Waals surface area contributed by atoms with Crippen LogP contribution >= 0.6 is 0 Å². The summed E-state index contributed by atoms with van der Waals surface area (Å²) >= 11 is 0.